The highest BCUT2D eigenvalue weighted by Gasteiger charge is 2.14. The van der Waals surface area contributed by atoms with E-state index in [-0.39, 0.29) is 12.2 Å². The lowest BCUT2D eigenvalue weighted by atomic mass is 10.2. The summed E-state index contributed by atoms with van der Waals surface area (Å²) in [6.07, 6.45) is 4.05. The summed E-state index contributed by atoms with van der Waals surface area (Å²) in [6.45, 7) is 2.59. The van der Waals surface area contributed by atoms with Crippen LogP contribution in [-0.4, -0.2) is 67.7 Å². The van der Waals surface area contributed by atoms with Crippen molar-refractivity contribution in [2.24, 2.45) is 0 Å². The van der Waals surface area contributed by atoms with E-state index in [4.69, 9.17) is 4.84 Å². The molecule has 10 nitrogen and oxygen atoms in total. The number of benzene rings is 1. The van der Waals surface area contributed by atoms with Gasteiger partial charge in [0.25, 0.3) is 5.91 Å². The van der Waals surface area contributed by atoms with Gasteiger partial charge in [-0.25, -0.2) is 4.68 Å². The van der Waals surface area contributed by atoms with Crippen LogP contribution in [0.3, 0.4) is 0 Å². The van der Waals surface area contributed by atoms with Crippen LogP contribution in [0.4, 0.5) is 5.69 Å². The van der Waals surface area contributed by atoms with Crippen LogP contribution < -0.4 is 5.32 Å². The number of hydrogen-bond donors (Lipinski definition) is 2. The second-order valence-electron chi connectivity index (χ2n) is 6.44. The number of hydroxylamine groups is 2. The summed E-state index contributed by atoms with van der Waals surface area (Å²) >= 11 is 0. The fourth-order valence-corrected chi connectivity index (χ4v) is 2.63. The van der Waals surface area contributed by atoms with Crippen LogP contribution in [0.5, 0.6) is 0 Å². The van der Waals surface area contributed by atoms with Crippen LogP contribution in [0.15, 0.2) is 42.9 Å². The van der Waals surface area contributed by atoms with Crippen LogP contribution in [0.2, 0.25) is 0 Å². The Balaban J connectivity index is 1.60. The average molecular weight is 385 g/mol. The summed E-state index contributed by atoms with van der Waals surface area (Å²) in [4.78, 5) is 17.4. The van der Waals surface area contributed by atoms with Crippen molar-refractivity contribution in [3.63, 3.8) is 0 Å². The van der Waals surface area contributed by atoms with Crippen molar-refractivity contribution in [1.82, 2.24) is 29.8 Å². The van der Waals surface area contributed by atoms with E-state index < -0.39 is 12.0 Å². The Morgan fingerprint density at radius 2 is 2.21 bits per heavy atom. The summed E-state index contributed by atoms with van der Waals surface area (Å²) in [5.41, 5.74) is 2.61. The number of nitrogens with one attached hydrogen (secondary N) is 1. The number of hydrogen-bond acceptors (Lipinski definition) is 7. The number of carbonyl (C=O) groups excluding carboxylic acids is 1. The molecule has 0 radical (unpaired) electrons. The quantitative estimate of drug-likeness (QED) is 0.554. The Morgan fingerprint density at radius 3 is 2.96 bits per heavy atom. The smallest absolute Gasteiger partial charge is 0.277 e. The second-order valence-corrected chi connectivity index (χ2v) is 6.44. The molecule has 0 spiro atoms. The number of carbonyl (C=O) groups is 1. The van der Waals surface area contributed by atoms with E-state index in [2.05, 4.69) is 20.7 Å². The van der Waals surface area contributed by atoms with E-state index in [9.17, 15) is 9.90 Å². The molecule has 0 saturated heterocycles. The van der Waals surface area contributed by atoms with Gasteiger partial charge >= 0.3 is 0 Å². The third kappa shape index (κ3) is 5.00. The largest absolute Gasteiger partial charge is 0.390 e. The Bertz CT molecular complexity index is 937. The number of rotatable bonds is 8. The first-order valence-corrected chi connectivity index (χ1v) is 8.71. The Labute approximate surface area is 162 Å². The molecule has 0 saturated carbocycles. The van der Waals surface area contributed by atoms with Gasteiger partial charge in [-0.05, 0) is 24.6 Å². The molecule has 28 heavy (non-hydrogen) atoms. The standard InChI is InChI=1S/C18H23N7O3/c1-13-5-4-6-15(7-13)25-12-17(21-22-25)18(27)20-14-8-19-24(9-14)11-16(26)10-23(2)28-3/h4-9,12,16,26H,10-11H2,1-3H3,(H,20,27). The minimum atomic E-state index is -0.664. The summed E-state index contributed by atoms with van der Waals surface area (Å²) in [6, 6.07) is 7.74. The Morgan fingerprint density at radius 1 is 1.39 bits per heavy atom. The molecule has 2 aromatic heterocycles. The van der Waals surface area contributed by atoms with Crippen molar-refractivity contribution in [2.75, 3.05) is 26.0 Å². The first kappa shape index (κ1) is 19.7. The van der Waals surface area contributed by atoms with Gasteiger partial charge in [-0.3, -0.25) is 9.48 Å². The van der Waals surface area contributed by atoms with Gasteiger partial charge < -0.3 is 15.3 Å². The van der Waals surface area contributed by atoms with Crippen LogP contribution in [0.1, 0.15) is 16.1 Å². The van der Waals surface area contributed by atoms with E-state index >= 15 is 0 Å². The van der Waals surface area contributed by atoms with Crippen LogP contribution in [-0.2, 0) is 11.4 Å². The third-order valence-corrected chi connectivity index (χ3v) is 4.06. The predicted molar refractivity (Wildman–Crippen MR) is 102 cm³/mol. The molecule has 1 amide bonds. The van der Waals surface area contributed by atoms with E-state index in [1.165, 1.54) is 18.4 Å². The number of aliphatic hydroxyl groups is 1. The molecule has 2 N–H and O–H groups in total. The number of aliphatic hydroxyl groups excluding tert-OH is 1. The van der Waals surface area contributed by atoms with Gasteiger partial charge in [0.05, 0.1) is 50.1 Å². The molecule has 3 aromatic rings. The number of aryl methyl sites for hydroxylation is 1. The minimum absolute atomic E-state index is 0.191. The number of anilines is 1. The van der Waals surface area contributed by atoms with Gasteiger partial charge in [0.15, 0.2) is 5.69 Å². The molecule has 0 bridgehead atoms. The van der Waals surface area contributed by atoms with Crippen molar-refractivity contribution in [1.29, 1.82) is 0 Å². The van der Waals surface area contributed by atoms with Crippen molar-refractivity contribution in [3.8, 4) is 5.69 Å². The summed E-state index contributed by atoms with van der Waals surface area (Å²) < 4.78 is 3.10. The number of amides is 1. The first-order chi connectivity index (χ1) is 13.4. The summed E-state index contributed by atoms with van der Waals surface area (Å²) in [5, 5.41) is 26.3. The maximum absolute atomic E-state index is 12.4. The second kappa shape index (κ2) is 8.74. The highest BCUT2D eigenvalue weighted by Crippen LogP contribution is 2.11. The fourth-order valence-electron chi connectivity index (χ4n) is 2.63. The molecule has 2 heterocycles. The molecule has 1 atom stereocenters. The number of nitrogens with zero attached hydrogens (tertiary/aromatic N) is 6. The highest BCUT2D eigenvalue weighted by molar-refractivity contribution is 6.02. The zero-order chi connectivity index (χ0) is 20.1. The number of aromatic nitrogens is 5. The van der Waals surface area contributed by atoms with Crippen molar-refractivity contribution in [2.45, 2.75) is 19.6 Å². The Kier molecular flexibility index (Phi) is 6.14. The van der Waals surface area contributed by atoms with Gasteiger partial charge in [-0.2, -0.15) is 10.2 Å². The molecule has 0 aliphatic rings. The zero-order valence-electron chi connectivity index (χ0n) is 16.0. The van der Waals surface area contributed by atoms with E-state index in [0.29, 0.717) is 12.2 Å². The van der Waals surface area contributed by atoms with Crippen molar-refractivity contribution >= 4 is 11.6 Å². The molecule has 1 aromatic carbocycles. The molecule has 148 valence electrons. The molecule has 3 rings (SSSR count). The third-order valence-electron chi connectivity index (χ3n) is 4.06. The molecular formula is C18H23N7O3. The lowest BCUT2D eigenvalue weighted by Gasteiger charge is -2.17. The van der Waals surface area contributed by atoms with E-state index in [1.807, 2.05) is 31.2 Å². The van der Waals surface area contributed by atoms with Crippen molar-refractivity contribution in [3.05, 3.63) is 54.1 Å². The van der Waals surface area contributed by atoms with E-state index in [0.717, 1.165) is 11.3 Å². The lowest BCUT2D eigenvalue weighted by molar-refractivity contribution is -0.129. The van der Waals surface area contributed by atoms with Gasteiger partial charge in [-0.1, -0.05) is 17.3 Å². The van der Waals surface area contributed by atoms with Crippen LogP contribution >= 0.6 is 0 Å². The molecule has 0 aliphatic heterocycles. The maximum Gasteiger partial charge on any atom is 0.277 e. The molecule has 10 heteroatoms. The molecule has 0 aliphatic carbocycles. The lowest BCUT2D eigenvalue weighted by Crippen LogP contribution is -2.31. The molecule has 1 unspecified atom stereocenters. The zero-order valence-corrected chi connectivity index (χ0v) is 16.0. The maximum atomic E-state index is 12.4. The SMILES string of the molecule is CON(C)CC(O)Cn1cc(NC(=O)c2cn(-c3cccc(C)c3)nn2)cn1. The molecular weight excluding hydrogens is 362 g/mol. The van der Waals surface area contributed by atoms with Crippen molar-refractivity contribution < 1.29 is 14.7 Å². The summed E-state index contributed by atoms with van der Waals surface area (Å²) in [7, 11) is 3.26. The normalized spacial score (nSPS) is 12.3. The van der Waals surface area contributed by atoms with Gasteiger partial charge in [0, 0.05) is 13.2 Å². The molecule has 0 fully saturated rings. The van der Waals surface area contributed by atoms with Crippen LogP contribution in [0.25, 0.3) is 5.69 Å². The summed E-state index contributed by atoms with van der Waals surface area (Å²) in [5.74, 6) is -0.391. The van der Waals surface area contributed by atoms with Gasteiger partial charge in [0.2, 0.25) is 0 Å². The number of likely N-dealkylation sites (N-methyl/N-ethyl adjacent to an activating group) is 1. The highest BCUT2D eigenvalue weighted by atomic mass is 16.7. The van der Waals surface area contributed by atoms with Crippen LogP contribution in [0, 0.1) is 6.92 Å². The van der Waals surface area contributed by atoms with E-state index in [1.54, 1.807) is 28.8 Å². The average Bonchev–Trinajstić information content (AvgIpc) is 3.31. The minimum Gasteiger partial charge on any atom is -0.390 e. The Hall–Kier alpha value is -3.08. The first-order valence-electron chi connectivity index (χ1n) is 8.71. The van der Waals surface area contributed by atoms with Gasteiger partial charge in [-0.15, -0.1) is 5.10 Å². The monoisotopic (exact) mass is 385 g/mol. The fraction of sp³-hybridized carbons (Fsp3) is 0.333. The predicted octanol–water partition coefficient (Wildman–Crippen LogP) is 0.879. The topological polar surface area (TPSA) is 110 Å². The van der Waals surface area contributed by atoms with Gasteiger partial charge in [0.1, 0.15) is 0 Å².